The summed E-state index contributed by atoms with van der Waals surface area (Å²) >= 11 is 12.7. The minimum atomic E-state index is -1.28. The van der Waals surface area contributed by atoms with Crippen LogP contribution in [0.4, 0.5) is 0 Å². The van der Waals surface area contributed by atoms with Crippen LogP contribution in [-0.4, -0.2) is 30.1 Å². The minimum Gasteiger partial charge on any atom is -0.497 e. The molecule has 0 aromatic heterocycles. The zero-order chi connectivity index (χ0) is 23.4. The minimum absolute atomic E-state index is 0.136. The molecule has 0 aliphatic carbocycles. The predicted molar refractivity (Wildman–Crippen MR) is 123 cm³/mol. The Labute approximate surface area is 192 Å². The molecule has 0 fully saturated rings. The van der Waals surface area contributed by atoms with Crippen molar-refractivity contribution in [1.29, 1.82) is 0 Å². The lowest BCUT2D eigenvalue weighted by atomic mass is 10.1. The standard InChI is InChI=1S/C24H26Cl2O5/c1-23(2,3)31-22(28)24(4,5)30-19-14-10-16(20(25)21(19)26)9-13-18(27)15-7-11-17(29-6)12-8-15/h7-14H,1-6H3/b13-9+. The average Bonchev–Trinajstić information content (AvgIpc) is 2.69. The van der Waals surface area contributed by atoms with E-state index in [1.165, 1.54) is 6.08 Å². The highest BCUT2D eigenvalue weighted by molar-refractivity contribution is 6.43. The van der Waals surface area contributed by atoms with E-state index in [0.29, 0.717) is 16.9 Å². The molecule has 0 heterocycles. The fourth-order valence-electron chi connectivity index (χ4n) is 2.49. The number of ketones is 1. The van der Waals surface area contributed by atoms with Crippen LogP contribution in [0, 0.1) is 0 Å². The number of esters is 1. The topological polar surface area (TPSA) is 61.8 Å². The second-order valence-corrected chi connectivity index (χ2v) is 9.08. The lowest BCUT2D eigenvalue weighted by molar-refractivity contribution is -0.170. The molecule has 0 unspecified atom stereocenters. The summed E-state index contributed by atoms with van der Waals surface area (Å²) in [7, 11) is 1.56. The highest BCUT2D eigenvalue weighted by Gasteiger charge is 2.35. The molecule has 0 radical (unpaired) electrons. The van der Waals surface area contributed by atoms with Crippen LogP contribution in [-0.2, 0) is 9.53 Å². The van der Waals surface area contributed by atoms with Crippen LogP contribution in [0.1, 0.15) is 50.5 Å². The Morgan fingerprint density at radius 1 is 0.903 bits per heavy atom. The molecule has 0 atom stereocenters. The Morgan fingerprint density at radius 2 is 1.52 bits per heavy atom. The molecule has 7 heteroatoms. The number of allylic oxidation sites excluding steroid dienone is 1. The van der Waals surface area contributed by atoms with Crippen molar-refractivity contribution < 1.29 is 23.8 Å². The van der Waals surface area contributed by atoms with Crippen LogP contribution in [0.5, 0.6) is 11.5 Å². The van der Waals surface area contributed by atoms with Gasteiger partial charge in [0.15, 0.2) is 11.4 Å². The number of carbonyl (C=O) groups excluding carboxylic acids is 2. The van der Waals surface area contributed by atoms with E-state index in [1.54, 1.807) is 84.2 Å². The second kappa shape index (κ2) is 9.75. The van der Waals surface area contributed by atoms with Gasteiger partial charge in [-0.1, -0.05) is 23.2 Å². The molecule has 31 heavy (non-hydrogen) atoms. The Morgan fingerprint density at radius 3 is 2.06 bits per heavy atom. The molecule has 0 amide bonds. The number of ether oxygens (including phenoxy) is 3. The number of hydrogen-bond donors (Lipinski definition) is 0. The first-order valence-corrected chi connectivity index (χ1v) is 10.4. The molecule has 2 aromatic carbocycles. The molecule has 0 bridgehead atoms. The summed E-state index contributed by atoms with van der Waals surface area (Å²) in [6, 6.07) is 10.0. The SMILES string of the molecule is COc1ccc(C(=O)/C=C/c2ccc(OC(C)(C)C(=O)OC(C)(C)C)c(Cl)c2Cl)cc1. The predicted octanol–water partition coefficient (Wildman–Crippen LogP) is 6.40. The Bertz CT molecular complexity index is 986. The zero-order valence-corrected chi connectivity index (χ0v) is 19.9. The van der Waals surface area contributed by atoms with Gasteiger partial charge in [0, 0.05) is 5.56 Å². The molecule has 166 valence electrons. The van der Waals surface area contributed by atoms with Crippen molar-refractivity contribution in [2.24, 2.45) is 0 Å². The van der Waals surface area contributed by atoms with Gasteiger partial charge in [-0.25, -0.2) is 4.79 Å². The maximum Gasteiger partial charge on any atom is 0.350 e. The van der Waals surface area contributed by atoms with Crippen LogP contribution in [0.25, 0.3) is 6.08 Å². The number of rotatable bonds is 7. The van der Waals surface area contributed by atoms with Crippen molar-refractivity contribution in [3.8, 4) is 11.5 Å². The number of halogens is 2. The third-order valence-corrected chi connectivity index (χ3v) is 5.00. The molecule has 5 nitrogen and oxygen atoms in total. The van der Waals surface area contributed by atoms with Crippen LogP contribution >= 0.6 is 23.2 Å². The summed E-state index contributed by atoms with van der Waals surface area (Å²) in [6.07, 6.45) is 2.98. The summed E-state index contributed by atoms with van der Waals surface area (Å²) in [5.74, 6) is 0.184. The Hall–Kier alpha value is -2.50. The number of hydrogen-bond acceptors (Lipinski definition) is 5. The molecule has 0 saturated heterocycles. The van der Waals surface area contributed by atoms with Gasteiger partial charge in [0.2, 0.25) is 0 Å². The molecular weight excluding hydrogens is 439 g/mol. The van der Waals surface area contributed by atoms with Crippen molar-refractivity contribution in [2.45, 2.75) is 45.8 Å². The Balaban J connectivity index is 2.18. The highest BCUT2D eigenvalue weighted by atomic mass is 35.5. The van der Waals surface area contributed by atoms with E-state index < -0.39 is 17.2 Å². The number of methoxy groups -OCH3 is 1. The molecule has 0 N–H and O–H groups in total. The summed E-state index contributed by atoms with van der Waals surface area (Å²) in [5.41, 5.74) is -0.874. The van der Waals surface area contributed by atoms with Crippen molar-refractivity contribution in [1.82, 2.24) is 0 Å². The van der Waals surface area contributed by atoms with E-state index in [0.717, 1.165) is 0 Å². The summed E-state index contributed by atoms with van der Waals surface area (Å²) in [5, 5.41) is 0.343. The number of carbonyl (C=O) groups is 2. The van der Waals surface area contributed by atoms with E-state index in [1.807, 2.05) is 0 Å². The first-order valence-electron chi connectivity index (χ1n) is 9.61. The maximum atomic E-state index is 12.4. The zero-order valence-electron chi connectivity index (χ0n) is 18.4. The average molecular weight is 465 g/mol. The number of benzene rings is 2. The summed E-state index contributed by atoms with van der Waals surface area (Å²) < 4.78 is 16.3. The maximum absolute atomic E-state index is 12.4. The van der Waals surface area contributed by atoms with Crippen LogP contribution in [0.3, 0.4) is 0 Å². The fraction of sp³-hybridized carbons (Fsp3) is 0.333. The highest BCUT2D eigenvalue weighted by Crippen LogP contribution is 2.37. The monoisotopic (exact) mass is 464 g/mol. The molecule has 0 saturated carbocycles. The molecular formula is C24H26Cl2O5. The van der Waals surface area contributed by atoms with Gasteiger partial charge in [-0.2, -0.15) is 0 Å². The van der Waals surface area contributed by atoms with Crippen LogP contribution < -0.4 is 9.47 Å². The first-order chi connectivity index (χ1) is 14.3. The van der Waals surface area contributed by atoms with E-state index in [4.69, 9.17) is 37.4 Å². The van der Waals surface area contributed by atoms with Gasteiger partial charge in [0.25, 0.3) is 0 Å². The fourth-order valence-corrected chi connectivity index (χ4v) is 2.92. The summed E-state index contributed by atoms with van der Waals surface area (Å²) in [6.45, 7) is 8.51. The van der Waals surface area contributed by atoms with Gasteiger partial charge in [0.1, 0.15) is 22.1 Å². The molecule has 0 spiro atoms. The van der Waals surface area contributed by atoms with Crippen LogP contribution in [0.15, 0.2) is 42.5 Å². The van der Waals surface area contributed by atoms with Crippen molar-refractivity contribution in [3.05, 3.63) is 63.6 Å². The molecule has 2 aromatic rings. The molecule has 0 aliphatic rings. The van der Waals surface area contributed by atoms with E-state index in [2.05, 4.69) is 0 Å². The third-order valence-electron chi connectivity index (χ3n) is 4.12. The third kappa shape index (κ3) is 6.74. The lowest BCUT2D eigenvalue weighted by Gasteiger charge is -2.29. The lowest BCUT2D eigenvalue weighted by Crippen LogP contribution is -2.43. The van der Waals surface area contributed by atoms with Gasteiger partial charge >= 0.3 is 5.97 Å². The van der Waals surface area contributed by atoms with E-state index in [9.17, 15) is 9.59 Å². The van der Waals surface area contributed by atoms with Gasteiger partial charge in [-0.15, -0.1) is 0 Å². The van der Waals surface area contributed by atoms with Gasteiger partial charge < -0.3 is 14.2 Å². The smallest absolute Gasteiger partial charge is 0.350 e. The van der Waals surface area contributed by atoms with E-state index >= 15 is 0 Å². The van der Waals surface area contributed by atoms with Gasteiger partial charge in [0.05, 0.1) is 12.1 Å². The summed E-state index contributed by atoms with van der Waals surface area (Å²) in [4.78, 5) is 24.8. The van der Waals surface area contributed by atoms with Crippen molar-refractivity contribution in [2.75, 3.05) is 7.11 Å². The van der Waals surface area contributed by atoms with Gasteiger partial charge in [-0.05, 0) is 88.7 Å². The second-order valence-electron chi connectivity index (χ2n) is 8.32. The van der Waals surface area contributed by atoms with Crippen LogP contribution in [0.2, 0.25) is 10.0 Å². The largest absolute Gasteiger partial charge is 0.497 e. The van der Waals surface area contributed by atoms with Crippen molar-refractivity contribution in [3.63, 3.8) is 0 Å². The quantitative estimate of drug-likeness (QED) is 0.269. The Kier molecular flexibility index (Phi) is 7.79. The molecule has 2 rings (SSSR count). The van der Waals surface area contributed by atoms with Crippen molar-refractivity contribution >= 4 is 41.0 Å². The van der Waals surface area contributed by atoms with Gasteiger partial charge in [-0.3, -0.25) is 4.79 Å². The molecule has 0 aliphatic heterocycles. The van der Waals surface area contributed by atoms with E-state index in [-0.39, 0.29) is 21.6 Å². The first kappa shape index (κ1) is 24.8. The normalized spacial score (nSPS) is 12.0.